The van der Waals surface area contributed by atoms with Crippen LogP contribution in [0.5, 0.6) is 0 Å². The van der Waals surface area contributed by atoms with E-state index in [1.165, 1.54) is 50.1 Å². The molecule has 26 heavy (non-hydrogen) atoms. The molecular weight excluding hydrogens is 374 g/mol. The third-order valence-electron chi connectivity index (χ3n) is 3.30. The maximum absolute atomic E-state index is 12.1. The molecule has 0 aliphatic heterocycles. The van der Waals surface area contributed by atoms with Gasteiger partial charge in [0.25, 0.3) is 5.91 Å². The number of rotatable bonds is 6. The van der Waals surface area contributed by atoms with E-state index in [4.69, 9.17) is 0 Å². The second-order valence-corrected chi connectivity index (χ2v) is 8.62. The molecule has 2 aromatic carbocycles. The molecule has 0 atom stereocenters. The van der Waals surface area contributed by atoms with Gasteiger partial charge in [-0.25, -0.2) is 12.7 Å². The van der Waals surface area contributed by atoms with Crippen LogP contribution in [0.4, 0.5) is 0 Å². The Morgan fingerprint density at radius 2 is 1.69 bits per heavy atom. The predicted octanol–water partition coefficient (Wildman–Crippen LogP) is 1.49. The average Bonchev–Trinajstić information content (AvgIpc) is 2.65. The van der Waals surface area contributed by atoms with Crippen LogP contribution in [0.15, 0.2) is 64.4 Å². The molecule has 0 radical (unpaired) electrons. The minimum atomic E-state index is -3.64. The molecule has 0 saturated heterocycles. The molecule has 9 heteroatoms. The summed E-state index contributed by atoms with van der Waals surface area (Å²) in [4.78, 5) is 24.9. The van der Waals surface area contributed by atoms with Crippen LogP contribution in [0.3, 0.4) is 0 Å². The lowest BCUT2D eigenvalue weighted by atomic mass is 10.2. The van der Waals surface area contributed by atoms with Crippen molar-refractivity contribution >= 4 is 33.6 Å². The highest BCUT2D eigenvalue weighted by Gasteiger charge is 2.18. The quantitative estimate of drug-likeness (QED) is 0.573. The van der Waals surface area contributed by atoms with Gasteiger partial charge in [-0.2, -0.15) is 0 Å². The lowest BCUT2D eigenvalue weighted by Crippen LogP contribution is -2.42. The Bertz CT molecular complexity index is 884. The van der Waals surface area contributed by atoms with Crippen molar-refractivity contribution < 1.29 is 18.0 Å². The zero-order chi connectivity index (χ0) is 19.2. The molecule has 2 aromatic rings. The number of hydrogen-bond acceptors (Lipinski definition) is 5. The fourth-order valence-electron chi connectivity index (χ4n) is 1.91. The summed E-state index contributed by atoms with van der Waals surface area (Å²) in [5, 5.41) is 0. The molecule has 0 unspecified atom stereocenters. The van der Waals surface area contributed by atoms with Gasteiger partial charge < -0.3 is 0 Å². The third kappa shape index (κ3) is 5.32. The van der Waals surface area contributed by atoms with Gasteiger partial charge in [-0.05, 0) is 30.3 Å². The molecule has 0 spiro atoms. The summed E-state index contributed by atoms with van der Waals surface area (Å²) >= 11 is 1.34. The zero-order valence-electron chi connectivity index (χ0n) is 14.3. The number of nitrogens with zero attached hydrogens (tertiary/aromatic N) is 1. The van der Waals surface area contributed by atoms with Crippen molar-refractivity contribution in [2.45, 2.75) is 9.79 Å². The van der Waals surface area contributed by atoms with Crippen LogP contribution in [-0.2, 0) is 14.8 Å². The number of carbonyl (C=O) groups is 2. The SMILES string of the molecule is CN(C)S(=O)(=O)c1cccc(C(=O)NNC(=O)CSc2ccccc2)c1. The number of hydrazine groups is 1. The van der Waals surface area contributed by atoms with Crippen molar-refractivity contribution in [1.82, 2.24) is 15.2 Å². The number of nitrogens with one attached hydrogen (secondary N) is 2. The lowest BCUT2D eigenvalue weighted by molar-refractivity contribution is -0.119. The zero-order valence-corrected chi connectivity index (χ0v) is 15.9. The summed E-state index contributed by atoms with van der Waals surface area (Å²) in [6, 6.07) is 15.0. The van der Waals surface area contributed by atoms with Gasteiger partial charge in [0.05, 0.1) is 10.6 Å². The van der Waals surface area contributed by atoms with Crippen molar-refractivity contribution in [3.63, 3.8) is 0 Å². The summed E-state index contributed by atoms with van der Waals surface area (Å²) in [7, 11) is -0.822. The minimum Gasteiger partial charge on any atom is -0.272 e. The Morgan fingerprint density at radius 1 is 1.00 bits per heavy atom. The fourth-order valence-corrected chi connectivity index (χ4v) is 3.58. The van der Waals surface area contributed by atoms with E-state index in [0.29, 0.717) is 0 Å². The Kier molecular flexibility index (Phi) is 6.78. The summed E-state index contributed by atoms with van der Waals surface area (Å²) in [6.45, 7) is 0. The van der Waals surface area contributed by atoms with Crippen LogP contribution >= 0.6 is 11.8 Å². The van der Waals surface area contributed by atoms with Crippen molar-refractivity contribution in [2.24, 2.45) is 0 Å². The highest BCUT2D eigenvalue weighted by Crippen LogP contribution is 2.16. The highest BCUT2D eigenvalue weighted by atomic mass is 32.2. The molecule has 2 rings (SSSR count). The maximum atomic E-state index is 12.1. The lowest BCUT2D eigenvalue weighted by Gasteiger charge is -2.12. The molecule has 0 saturated carbocycles. The van der Waals surface area contributed by atoms with Crippen LogP contribution in [-0.4, -0.2) is 44.4 Å². The topological polar surface area (TPSA) is 95.6 Å². The number of thioether (sulfide) groups is 1. The average molecular weight is 393 g/mol. The van der Waals surface area contributed by atoms with Crippen molar-refractivity contribution in [3.05, 3.63) is 60.2 Å². The molecule has 2 N–H and O–H groups in total. The fraction of sp³-hybridized carbons (Fsp3) is 0.176. The largest absolute Gasteiger partial charge is 0.272 e. The van der Waals surface area contributed by atoms with Crippen molar-refractivity contribution in [2.75, 3.05) is 19.8 Å². The summed E-state index contributed by atoms with van der Waals surface area (Å²) in [5.41, 5.74) is 4.72. The van der Waals surface area contributed by atoms with Gasteiger partial charge in [-0.15, -0.1) is 11.8 Å². The minimum absolute atomic E-state index is 0.00103. The molecule has 138 valence electrons. The predicted molar refractivity (Wildman–Crippen MR) is 100 cm³/mol. The Balaban J connectivity index is 1.93. The second-order valence-electron chi connectivity index (χ2n) is 5.42. The van der Waals surface area contributed by atoms with Gasteiger partial charge in [-0.1, -0.05) is 24.3 Å². The Morgan fingerprint density at radius 3 is 2.35 bits per heavy atom. The van der Waals surface area contributed by atoms with Crippen molar-refractivity contribution in [3.8, 4) is 0 Å². The van der Waals surface area contributed by atoms with E-state index in [0.717, 1.165) is 9.20 Å². The van der Waals surface area contributed by atoms with E-state index in [1.807, 2.05) is 30.3 Å². The standard InChI is InChI=1S/C17H19N3O4S2/c1-20(2)26(23,24)15-10-6-7-13(11-15)17(22)19-18-16(21)12-25-14-8-4-3-5-9-14/h3-11H,12H2,1-2H3,(H,18,21)(H,19,22). The van der Waals surface area contributed by atoms with Crippen molar-refractivity contribution in [1.29, 1.82) is 0 Å². The van der Waals surface area contributed by atoms with E-state index in [1.54, 1.807) is 0 Å². The van der Waals surface area contributed by atoms with Gasteiger partial charge in [0.15, 0.2) is 0 Å². The normalized spacial score (nSPS) is 11.2. The molecule has 0 aliphatic carbocycles. The van der Waals surface area contributed by atoms with Crippen LogP contribution < -0.4 is 10.9 Å². The van der Waals surface area contributed by atoms with Gasteiger partial charge in [0.2, 0.25) is 15.9 Å². The number of sulfonamides is 1. The van der Waals surface area contributed by atoms with Crippen LogP contribution in [0.25, 0.3) is 0 Å². The molecule has 7 nitrogen and oxygen atoms in total. The van der Waals surface area contributed by atoms with Gasteiger partial charge in [0.1, 0.15) is 0 Å². The number of hydrogen-bond donors (Lipinski definition) is 2. The van der Waals surface area contributed by atoms with E-state index in [-0.39, 0.29) is 22.1 Å². The first kappa shape index (κ1) is 20.0. The maximum Gasteiger partial charge on any atom is 0.269 e. The third-order valence-corrected chi connectivity index (χ3v) is 6.13. The molecular formula is C17H19N3O4S2. The number of amides is 2. The summed E-state index contributed by atoms with van der Waals surface area (Å²) < 4.78 is 25.3. The highest BCUT2D eigenvalue weighted by molar-refractivity contribution is 8.00. The van der Waals surface area contributed by atoms with Gasteiger partial charge in [0, 0.05) is 24.6 Å². The van der Waals surface area contributed by atoms with Gasteiger partial charge in [-0.3, -0.25) is 20.4 Å². The van der Waals surface area contributed by atoms with E-state index >= 15 is 0 Å². The molecule has 0 bridgehead atoms. The van der Waals surface area contributed by atoms with Crippen LogP contribution in [0.2, 0.25) is 0 Å². The molecule has 2 amide bonds. The first-order chi connectivity index (χ1) is 12.3. The Labute approximate surface area is 156 Å². The summed E-state index contributed by atoms with van der Waals surface area (Å²) in [5.74, 6) is -0.831. The Hall–Kier alpha value is -2.36. The van der Waals surface area contributed by atoms with E-state index in [9.17, 15) is 18.0 Å². The van der Waals surface area contributed by atoms with E-state index < -0.39 is 15.9 Å². The van der Waals surface area contributed by atoms with Crippen LogP contribution in [0.1, 0.15) is 10.4 Å². The monoisotopic (exact) mass is 393 g/mol. The molecule has 0 aliphatic rings. The first-order valence-electron chi connectivity index (χ1n) is 7.60. The molecule has 0 heterocycles. The van der Waals surface area contributed by atoms with Gasteiger partial charge >= 0.3 is 0 Å². The van der Waals surface area contributed by atoms with Crippen LogP contribution in [0, 0.1) is 0 Å². The first-order valence-corrected chi connectivity index (χ1v) is 10.0. The molecule has 0 aromatic heterocycles. The molecule has 0 fully saturated rings. The van der Waals surface area contributed by atoms with E-state index in [2.05, 4.69) is 10.9 Å². The smallest absolute Gasteiger partial charge is 0.269 e. The summed E-state index contributed by atoms with van der Waals surface area (Å²) in [6.07, 6.45) is 0. The number of carbonyl (C=O) groups excluding carboxylic acids is 2. The second kappa shape index (κ2) is 8.84. The number of benzene rings is 2.